The molecule has 1 aromatic heterocycles. The van der Waals surface area contributed by atoms with Gasteiger partial charge in [-0.1, -0.05) is 12.1 Å². The molecule has 5 heteroatoms. The lowest BCUT2D eigenvalue weighted by Crippen LogP contribution is -2.38. The Balaban J connectivity index is 1.86. The Morgan fingerprint density at radius 3 is 3.00 bits per heavy atom. The van der Waals surface area contributed by atoms with Crippen molar-refractivity contribution in [1.29, 1.82) is 0 Å². The highest BCUT2D eigenvalue weighted by molar-refractivity contribution is 7.10. The average molecular weight is 290 g/mol. The van der Waals surface area contributed by atoms with Gasteiger partial charge < -0.3 is 14.8 Å². The van der Waals surface area contributed by atoms with E-state index in [9.17, 15) is 0 Å². The van der Waals surface area contributed by atoms with Gasteiger partial charge in [0.2, 0.25) is 0 Å². The highest BCUT2D eigenvalue weighted by Crippen LogP contribution is 2.33. The van der Waals surface area contributed by atoms with Gasteiger partial charge in [-0.3, -0.25) is 0 Å². The molecule has 2 heterocycles. The molecule has 0 bridgehead atoms. The van der Waals surface area contributed by atoms with E-state index < -0.39 is 0 Å². The molecule has 0 saturated carbocycles. The normalized spacial score (nSPS) is 22.7. The van der Waals surface area contributed by atoms with E-state index in [1.54, 1.807) is 18.4 Å². The minimum absolute atomic E-state index is 0.0483. The van der Waals surface area contributed by atoms with Gasteiger partial charge in [-0.15, -0.1) is 11.3 Å². The molecule has 1 fully saturated rings. The lowest BCUT2D eigenvalue weighted by atomic mass is 10.1. The van der Waals surface area contributed by atoms with Gasteiger partial charge in [-0.05, 0) is 19.1 Å². The summed E-state index contributed by atoms with van der Waals surface area (Å²) in [4.78, 5) is 4.72. The van der Waals surface area contributed by atoms with Crippen LogP contribution < -0.4 is 10.1 Å². The average Bonchev–Trinajstić information content (AvgIpc) is 2.97. The summed E-state index contributed by atoms with van der Waals surface area (Å²) in [5, 5.41) is 6.46. The van der Waals surface area contributed by atoms with Crippen molar-refractivity contribution in [2.75, 3.05) is 20.2 Å². The van der Waals surface area contributed by atoms with E-state index in [0.717, 1.165) is 35.1 Å². The van der Waals surface area contributed by atoms with E-state index in [1.807, 2.05) is 24.3 Å². The van der Waals surface area contributed by atoms with Crippen molar-refractivity contribution < 1.29 is 9.47 Å². The second-order valence-corrected chi connectivity index (χ2v) is 5.75. The number of methoxy groups -OCH3 is 1. The molecule has 0 amide bonds. The summed E-state index contributed by atoms with van der Waals surface area (Å²) >= 11 is 1.64. The summed E-state index contributed by atoms with van der Waals surface area (Å²) < 4.78 is 11.3. The number of aromatic nitrogens is 1. The first kappa shape index (κ1) is 13.5. The summed E-state index contributed by atoms with van der Waals surface area (Å²) in [6.45, 7) is 3.80. The van der Waals surface area contributed by atoms with Crippen LogP contribution in [0.15, 0.2) is 29.6 Å². The van der Waals surface area contributed by atoms with Crippen LogP contribution in [0.4, 0.5) is 0 Å². The van der Waals surface area contributed by atoms with Crippen LogP contribution >= 0.6 is 11.3 Å². The summed E-state index contributed by atoms with van der Waals surface area (Å²) in [7, 11) is 1.68. The van der Waals surface area contributed by atoms with Crippen molar-refractivity contribution in [1.82, 2.24) is 10.3 Å². The molecule has 2 atom stereocenters. The van der Waals surface area contributed by atoms with E-state index >= 15 is 0 Å². The van der Waals surface area contributed by atoms with Gasteiger partial charge in [-0.2, -0.15) is 0 Å². The number of thiazole rings is 1. The topological polar surface area (TPSA) is 43.4 Å². The van der Waals surface area contributed by atoms with E-state index in [0.29, 0.717) is 0 Å². The van der Waals surface area contributed by atoms with Crippen molar-refractivity contribution in [2.24, 2.45) is 0 Å². The van der Waals surface area contributed by atoms with Gasteiger partial charge in [0.1, 0.15) is 16.9 Å². The van der Waals surface area contributed by atoms with Gasteiger partial charge in [0.05, 0.1) is 18.9 Å². The Labute approximate surface area is 122 Å². The third kappa shape index (κ3) is 2.70. The molecule has 0 radical (unpaired) electrons. The zero-order valence-corrected chi connectivity index (χ0v) is 12.4. The maximum atomic E-state index is 5.93. The van der Waals surface area contributed by atoms with Crippen molar-refractivity contribution in [3.05, 3.63) is 34.7 Å². The Morgan fingerprint density at radius 2 is 2.20 bits per heavy atom. The number of para-hydroxylation sites is 1. The Morgan fingerprint density at radius 1 is 1.35 bits per heavy atom. The van der Waals surface area contributed by atoms with Crippen LogP contribution in [-0.4, -0.2) is 31.3 Å². The fourth-order valence-electron chi connectivity index (χ4n) is 2.36. The smallest absolute Gasteiger partial charge is 0.128 e. The first-order chi connectivity index (χ1) is 9.78. The number of morpholine rings is 1. The molecule has 0 spiro atoms. The van der Waals surface area contributed by atoms with Crippen LogP contribution in [0.2, 0.25) is 0 Å². The summed E-state index contributed by atoms with van der Waals surface area (Å²) in [5.74, 6) is 0.848. The van der Waals surface area contributed by atoms with Gasteiger partial charge in [0, 0.05) is 24.0 Å². The molecule has 2 aromatic rings. The molecular formula is C15H18N2O2S. The monoisotopic (exact) mass is 290 g/mol. The second kappa shape index (κ2) is 5.91. The van der Waals surface area contributed by atoms with Gasteiger partial charge in [0.15, 0.2) is 0 Å². The fourth-order valence-corrected chi connectivity index (χ4v) is 3.21. The highest BCUT2D eigenvalue weighted by Gasteiger charge is 2.23. The lowest BCUT2D eigenvalue weighted by Gasteiger charge is -2.27. The minimum atomic E-state index is 0.0483. The molecule has 106 valence electrons. The van der Waals surface area contributed by atoms with Crippen molar-refractivity contribution in [3.63, 3.8) is 0 Å². The van der Waals surface area contributed by atoms with E-state index in [4.69, 9.17) is 14.5 Å². The number of benzene rings is 1. The molecule has 1 saturated heterocycles. The van der Waals surface area contributed by atoms with Gasteiger partial charge >= 0.3 is 0 Å². The van der Waals surface area contributed by atoms with Crippen LogP contribution in [0.3, 0.4) is 0 Å². The van der Waals surface area contributed by atoms with Crippen LogP contribution in [0, 0.1) is 0 Å². The molecule has 0 aliphatic carbocycles. The van der Waals surface area contributed by atoms with Crippen LogP contribution in [0.1, 0.15) is 18.0 Å². The first-order valence-electron chi connectivity index (χ1n) is 6.73. The number of rotatable bonds is 3. The Bertz CT molecular complexity index is 585. The second-order valence-electron chi connectivity index (χ2n) is 4.86. The Kier molecular flexibility index (Phi) is 4.00. The van der Waals surface area contributed by atoms with Crippen LogP contribution in [-0.2, 0) is 4.74 Å². The first-order valence-corrected chi connectivity index (χ1v) is 7.61. The number of hydrogen-bond donors (Lipinski definition) is 1. The summed E-state index contributed by atoms with van der Waals surface area (Å²) in [6.07, 6.45) is 0.277. The van der Waals surface area contributed by atoms with Crippen molar-refractivity contribution in [3.8, 4) is 17.0 Å². The number of hydrogen-bond acceptors (Lipinski definition) is 5. The minimum Gasteiger partial charge on any atom is -0.496 e. The number of ether oxygens (including phenoxy) is 2. The van der Waals surface area contributed by atoms with E-state index in [1.165, 1.54) is 0 Å². The third-order valence-corrected chi connectivity index (χ3v) is 4.28. The molecule has 3 rings (SSSR count). The largest absolute Gasteiger partial charge is 0.496 e. The molecule has 1 aromatic carbocycles. The molecule has 1 aliphatic rings. The quantitative estimate of drug-likeness (QED) is 0.944. The maximum Gasteiger partial charge on any atom is 0.128 e. The molecule has 20 heavy (non-hydrogen) atoms. The molecule has 1 aliphatic heterocycles. The maximum absolute atomic E-state index is 5.93. The zero-order chi connectivity index (χ0) is 13.9. The predicted molar refractivity (Wildman–Crippen MR) is 80.3 cm³/mol. The van der Waals surface area contributed by atoms with Crippen LogP contribution in [0.5, 0.6) is 5.75 Å². The third-order valence-electron chi connectivity index (χ3n) is 3.34. The SMILES string of the molecule is COc1ccccc1-c1csc([C@H]2CNC[C@@H](C)O2)n1. The summed E-state index contributed by atoms with van der Waals surface area (Å²) in [6, 6.07) is 7.94. The molecule has 4 nitrogen and oxygen atoms in total. The number of nitrogens with zero attached hydrogens (tertiary/aromatic N) is 1. The van der Waals surface area contributed by atoms with Crippen LogP contribution in [0.25, 0.3) is 11.3 Å². The number of nitrogens with one attached hydrogen (secondary N) is 1. The predicted octanol–water partition coefficient (Wildman–Crippen LogP) is 2.87. The molecule has 0 unspecified atom stereocenters. The van der Waals surface area contributed by atoms with Crippen molar-refractivity contribution in [2.45, 2.75) is 19.1 Å². The van der Waals surface area contributed by atoms with E-state index in [-0.39, 0.29) is 12.2 Å². The van der Waals surface area contributed by atoms with Gasteiger partial charge in [-0.25, -0.2) is 4.98 Å². The van der Waals surface area contributed by atoms with Gasteiger partial charge in [0.25, 0.3) is 0 Å². The van der Waals surface area contributed by atoms with Crippen molar-refractivity contribution >= 4 is 11.3 Å². The van der Waals surface area contributed by atoms with E-state index in [2.05, 4.69) is 17.6 Å². The zero-order valence-electron chi connectivity index (χ0n) is 11.6. The summed E-state index contributed by atoms with van der Waals surface area (Å²) in [5.41, 5.74) is 1.97. The lowest BCUT2D eigenvalue weighted by molar-refractivity contribution is -0.0287. The standard InChI is InChI=1S/C15H18N2O2S/c1-10-7-16-8-14(19-10)15-17-12(9-20-15)11-5-3-4-6-13(11)18-2/h3-6,9-10,14,16H,7-8H2,1-2H3/t10-,14-/m1/s1. The highest BCUT2D eigenvalue weighted by atomic mass is 32.1. The molecular weight excluding hydrogens is 272 g/mol. The molecule has 1 N–H and O–H groups in total. The Hall–Kier alpha value is -1.43. The fraction of sp³-hybridized carbons (Fsp3) is 0.400.